The number of hydrogen-bond acceptors (Lipinski definition) is 3. The van der Waals surface area contributed by atoms with Gasteiger partial charge in [-0.2, -0.15) is 0 Å². The van der Waals surface area contributed by atoms with E-state index in [0.29, 0.717) is 11.4 Å². The van der Waals surface area contributed by atoms with E-state index in [4.69, 9.17) is 4.74 Å². The van der Waals surface area contributed by atoms with E-state index in [1.165, 1.54) is 19.2 Å². The highest BCUT2D eigenvalue weighted by molar-refractivity contribution is 5.77. The maximum atomic E-state index is 13.3. The smallest absolute Gasteiger partial charge is 0.333 e. The summed E-state index contributed by atoms with van der Waals surface area (Å²) in [5.74, 6) is -0.168. The van der Waals surface area contributed by atoms with Crippen molar-refractivity contribution < 1.29 is 9.13 Å². The van der Waals surface area contributed by atoms with Gasteiger partial charge in [0.15, 0.2) is 0 Å². The van der Waals surface area contributed by atoms with E-state index < -0.39 is 17.1 Å². The predicted octanol–water partition coefficient (Wildman–Crippen LogP) is 1.83. The van der Waals surface area contributed by atoms with Crippen molar-refractivity contribution in [3.05, 3.63) is 69.1 Å². The molecular weight excluding hydrogens is 275 g/mol. The Morgan fingerprint density at radius 3 is 2.67 bits per heavy atom. The summed E-state index contributed by atoms with van der Waals surface area (Å²) in [6.45, 7) is 0. The summed E-state index contributed by atoms with van der Waals surface area (Å²) in [4.78, 5) is 27.2. The first kappa shape index (κ1) is 13.1. The second-order valence-corrected chi connectivity index (χ2v) is 4.43. The number of methoxy groups -OCH3 is 1. The van der Waals surface area contributed by atoms with Gasteiger partial charge >= 0.3 is 5.69 Å². The highest BCUT2D eigenvalue weighted by Crippen LogP contribution is 2.19. The molecule has 5 nitrogen and oxygen atoms in total. The molecule has 0 aliphatic rings. The molecular formula is C15H11FN2O3. The Hall–Kier alpha value is -2.89. The van der Waals surface area contributed by atoms with Crippen LogP contribution in [-0.2, 0) is 0 Å². The normalized spacial score (nSPS) is 10.8. The van der Waals surface area contributed by atoms with Crippen LogP contribution in [-0.4, -0.2) is 16.7 Å². The molecule has 0 radical (unpaired) electrons. The largest absolute Gasteiger partial charge is 0.495 e. The molecule has 0 aliphatic carbocycles. The third kappa shape index (κ3) is 2.10. The summed E-state index contributed by atoms with van der Waals surface area (Å²) in [5.41, 5.74) is -0.615. The zero-order valence-electron chi connectivity index (χ0n) is 11.1. The van der Waals surface area contributed by atoms with Gasteiger partial charge in [-0.3, -0.25) is 4.79 Å². The quantitative estimate of drug-likeness (QED) is 0.781. The van der Waals surface area contributed by atoms with Gasteiger partial charge in [0.05, 0.1) is 23.7 Å². The first-order valence-electron chi connectivity index (χ1n) is 6.20. The highest BCUT2D eigenvalue weighted by atomic mass is 19.1. The fourth-order valence-electron chi connectivity index (χ4n) is 2.22. The molecule has 0 bridgehead atoms. The van der Waals surface area contributed by atoms with E-state index in [1.807, 2.05) is 0 Å². The fraction of sp³-hybridized carbons (Fsp3) is 0.0667. The maximum Gasteiger partial charge on any atom is 0.333 e. The number of H-pyrrole nitrogens is 1. The molecule has 3 rings (SSSR count). The van der Waals surface area contributed by atoms with Crippen molar-refractivity contribution in [3.63, 3.8) is 0 Å². The van der Waals surface area contributed by atoms with E-state index in [9.17, 15) is 14.0 Å². The summed E-state index contributed by atoms with van der Waals surface area (Å²) < 4.78 is 19.4. The summed E-state index contributed by atoms with van der Waals surface area (Å²) in [6, 6.07) is 10.3. The predicted molar refractivity (Wildman–Crippen MR) is 76.7 cm³/mol. The van der Waals surface area contributed by atoms with Gasteiger partial charge in [-0.05, 0) is 30.3 Å². The number of fused-ring (bicyclic) bond motifs is 1. The Morgan fingerprint density at radius 2 is 1.90 bits per heavy atom. The van der Waals surface area contributed by atoms with Crippen LogP contribution in [0.15, 0.2) is 52.1 Å². The van der Waals surface area contributed by atoms with E-state index in [-0.39, 0.29) is 10.9 Å². The molecule has 1 heterocycles. The molecule has 106 valence electrons. The highest BCUT2D eigenvalue weighted by Gasteiger charge is 2.13. The van der Waals surface area contributed by atoms with Gasteiger partial charge < -0.3 is 9.72 Å². The Balaban J connectivity index is 2.43. The molecule has 0 saturated carbocycles. The van der Waals surface area contributed by atoms with Gasteiger partial charge in [-0.1, -0.05) is 12.1 Å². The van der Waals surface area contributed by atoms with Crippen LogP contribution in [0.1, 0.15) is 0 Å². The molecule has 0 spiro atoms. The molecule has 0 unspecified atom stereocenters. The summed E-state index contributed by atoms with van der Waals surface area (Å²) in [6.07, 6.45) is 0. The maximum absolute atomic E-state index is 13.3. The van der Waals surface area contributed by atoms with Crippen molar-refractivity contribution in [1.82, 2.24) is 9.55 Å². The van der Waals surface area contributed by atoms with Crippen molar-refractivity contribution >= 4 is 10.9 Å². The number of rotatable bonds is 2. The number of nitrogens with zero attached hydrogens (tertiary/aromatic N) is 1. The Labute approximate surface area is 118 Å². The molecule has 1 aromatic heterocycles. The SMILES string of the molecule is COc1ccccc1-n1c(=O)[nH]c2ccc(F)cc2c1=O. The van der Waals surface area contributed by atoms with Crippen LogP contribution in [0.3, 0.4) is 0 Å². The third-order valence-corrected chi connectivity index (χ3v) is 3.19. The molecule has 0 fully saturated rings. The van der Waals surface area contributed by atoms with E-state index in [2.05, 4.69) is 4.98 Å². The van der Waals surface area contributed by atoms with E-state index in [0.717, 1.165) is 10.6 Å². The molecule has 0 saturated heterocycles. The Bertz CT molecular complexity index is 944. The lowest BCUT2D eigenvalue weighted by Gasteiger charge is -2.10. The minimum absolute atomic E-state index is 0.0977. The number of nitrogens with one attached hydrogen (secondary N) is 1. The summed E-state index contributed by atoms with van der Waals surface area (Å²) in [5, 5.41) is 0.0977. The van der Waals surface area contributed by atoms with Crippen LogP contribution in [0.2, 0.25) is 0 Å². The molecule has 2 aromatic carbocycles. The second-order valence-electron chi connectivity index (χ2n) is 4.43. The monoisotopic (exact) mass is 286 g/mol. The van der Waals surface area contributed by atoms with Gasteiger partial charge in [0.2, 0.25) is 0 Å². The number of benzene rings is 2. The number of para-hydroxylation sites is 2. The Morgan fingerprint density at radius 1 is 1.14 bits per heavy atom. The lowest BCUT2D eigenvalue weighted by atomic mass is 10.2. The van der Waals surface area contributed by atoms with Crippen LogP contribution in [0, 0.1) is 5.82 Å². The van der Waals surface area contributed by atoms with Crippen molar-refractivity contribution in [2.24, 2.45) is 0 Å². The minimum Gasteiger partial charge on any atom is -0.495 e. The van der Waals surface area contributed by atoms with Gasteiger partial charge in [0, 0.05) is 0 Å². The van der Waals surface area contributed by atoms with E-state index in [1.54, 1.807) is 24.3 Å². The number of ether oxygens (including phenoxy) is 1. The Kier molecular flexibility index (Phi) is 3.06. The van der Waals surface area contributed by atoms with Crippen molar-refractivity contribution in [3.8, 4) is 11.4 Å². The second kappa shape index (κ2) is 4.90. The molecule has 0 amide bonds. The topological polar surface area (TPSA) is 64.1 Å². The molecule has 21 heavy (non-hydrogen) atoms. The third-order valence-electron chi connectivity index (χ3n) is 3.19. The standard InChI is InChI=1S/C15H11FN2O3/c1-21-13-5-3-2-4-12(13)18-14(19)10-8-9(16)6-7-11(10)17-15(18)20/h2-8H,1H3,(H,17,20). The van der Waals surface area contributed by atoms with Gasteiger partial charge in [0.1, 0.15) is 11.6 Å². The zero-order valence-corrected chi connectivity index (χ0v) is 11.1. The van der Waals surface area contributed by atoms with Crippen molar-refractivity contribution in [1.29, 1.82) is 0 Å². The fourth-order valence-corrected chi connectivity index (χ4v) is 2.22. The van der Waals surface area contributed by atoms with Crippen LogP contribution in [0.5, 0.6) is 5.75 Å². The lowest BCUT2D eigenvalue weighted by molar-refractivity contribution is 0.412. The van der Waals surface area contributed by atoms with E-state index >= 15 is 0 Å². The molecule has 0 aliphatic heterocycles. The number of halogens is 1. The average Bonchev–Trinajstić information content (AvgIpc) is 2.49. The van der Waals surface area contributed by atoms with Gasteiger partial charge in [0.25, 0.3) is 5.56 Å². The molecule has 1 N–H and O–H groups in total. The summed E-state index contributed by atoms with van der Waals surface area (Å²) >= 11 is 0. The van der Waals surface area contributed by atoms with Gasteiger partial charge in [-0.15, -0.1) is 0 Å². The number of hydrogen-bond donors (Lipinski definition) is 1. The molecule has 3 aromatic rings. The zero-order chi connectivity index (χ0) is 15.0. The van der Waals surface area contributed by atoms with Crippen LogP contribution in [0.4, 0.5) is 4.39 Å². The minimum atomic E-state index is -0.608. The first-order valence-corrected chi connectivity index (χ1v) is 6.20. The van der Waals surface area contributed by atoms with Crippen LogP contribution in [0.25, 0.3) is 16.6 Å². The lowest BCUT2D eigenvalue weighted by Crippen LogP contribution is -2.33. The van der Waals surface area contributed by atoms with Gasteiger partial charge in [-0.25, -0.2) is 13.8 Å². The van der Waals surface area contributed by atoms with Crippen LogP contribution >= 0.6 is 0 Å². The molecule has 6 heteroatoms. The summed E-state index contributed by atoms with van der Waals surface area (Å²) in [7, 11) is 1.44. The first-order chi connectivity index (χ1) is 10.1. The number of aromatic nitrogens is 2. The van der Waals surface area contributed by atoms with Crippen molar-refractivity contribution in [2.75, 3.05) is 7.11 Å². The molecule has 0 atom stereocenters. The van der Waals surface area contributed by atoms with Crippen LogP contribution < -0.4 is 16.0 Å². The average molecular weight is 286 g/mol. The number of aromatic amines is 1. The van der Waals surface area contributed by atoms with Crippen molar-refractivity contribution in [2.45, 2.75) is 0 Å².